The topological polar surface area (TPSA) is 117 Å². The van der Waals surface area contributed by atoms with Crippen molar-refractivity contribution in [3.05, 3.63) is 24.3 Å². The van der Waals surface area contributed by atoms with Crippen molar-refractivity contribution in [3.8, 4) is 5.75 Å². The number of ether oxygens (including phenoxy) is 1. The smallest absolute Gasteiger partial charge is 0.261 e. The van der Waals surface area contributed by atoms with Gasteiger partial charge >= 0.3 is 0 Å². The van der Waals surface area contributed by atoms with E-state index in [0.29, 0.717) is 5.75 Å². The maximum Gasteiger partial charge on any atom is 0.261 e. The predicted molar refractivity (Wildman–Crippen MR) is 93.0 cm³/mol. The van der Waals surface area contributed by atoms with Crippen molar-refractivity contribution >= 4 is 15.9 Å². The lowest BCUT2D eigenvalue weighted by molar-refractivity contribution is -0.132. The highest BCUT2D eigenvalue weighted by atomic mass is 32.2. The number of methoxy groups -OCH3 is 1. The van der Waals surface area contributed by atoms with Crippen molar-refractivity contribution < 1.29 is 28.0 Å². The first-order valence-electron chi connectivity index (χ1n) is 8.12. The van der Waals surface area contributed by atoms with E-state index in [0.717, 1.165) is 4.31 Å². The van der Waals surface area contributed by atoms with Gasteiger partial charge in [0.25, 0.3) is 5.91 Å². The molecule has 26 heavy (non-hydrogen) atoms. The minimum Gasteiger partial charge on any atom is -0.497 e. The minimum absolute atomic E-state index is 0.0303. The van der Waals surface area contributed by atoms with Crippen molar-refractivity contribution in [3.63, 3.8) is 0 Å². The van der Waals surface area contributed by atoms with Crippen LogP contribution in [0.25, 0.3) is 0 Å². The highest BCUT2D eigenvalue weighted by molar-refractivity contribution is 7.89. The lowest BCUT2D eigenvalue weighted by Crippen LogP contribution is -2.45. The summed E-state index contributed by atoms with van der Waals surface area (Å²) in [6, 6.07) is 4.44. The summed E-state index contributed by atoms with van der Waals surface area (Å²) in [5.41, 5.74) is 3.88. The molecule has 0 bridgehead atoms. The standard InChI is InChI=1S/C16H25N3O6S/c1-16(2,3)25-18-11-9-14(15(20)17-21)19(10-11)26(22,23)13-7-5-12(24-4)6-8-13/h5-8,11,14,18,21H,9-10H2,1-4H3,(H,17,20)/t11?,14-/m1/s1. The molecule has 10 heteroatoms. The molecule has 1 unspecified atom stereocenters. The number of benzene rings is 1. The second kappa shape index (κ2) is 7.89. The first-order valence-corrected chi connectivity index (χ1v) is 9.56. The zero-order valence-electron chi connectivity index (χ0n) is 15.2. The summed E-state index contributed by atoms with van der Waals surface area (Å²) in [6.45, 7) is 5.57. The van der Waals surface area contributed by atoms with Gasteiger partial charge < -0.3 is 4.74 Å². The van der Waals surface area contributed by atoms with E-state index in [1.54, 1.807) is 0 Å². The predicted octanol–water partition coefficient (Wildman–Crippen LogP) is 0.652. The summed E-state index contributed by atoms with van der Waals surface area (Å²) in [4.78, 5) is 17.5. The quantitative estimate of drug-likeness (QED) is 0.485. The van der Waals surface area contributed by atoms with E-state index in [-0.39, 0.29) is 17.9 Å². The monoisotopic (exact) mass is 387 g/mol. The van der Waals surface area contributed by atoms with Crippen LogP contribution in [0.1, 0.15) is 27.2 Å². The fourth-order valence-electron chi connectivity index (χ4n) is 2.61. The van der Waals surface area contributed by atoms with Gasteiger partial charge in [0.05, 0.1) is 17.6 Å². The lowest BCUT2D eigenvalue weighted by atomic mass is 10.2. The first-order chi connectivity index (χ1) is 12.1. The third-order valence-electron chi connectivity index (χ3n) is 3.87. The number of nitrogens with zero attached hydrogens (tertiary/aromatic N) is 1. The molecule has 1 aliphatic heterocycles. The van der Waals surface area contributed by atoms with Crippen molar-refractivity contribution in [1.29, 1.82) is 0 Å². The molecule has 3 N–H and O–H groups in total. The molecule has 146 valence electrons. The average Bonchev–Trinajstić information content (AvgIpc) is 3.04. The molecule has 1 heterocycles. The average molecular weight is 387 g/mol. The molecule has 1 aromatic rings. The minimum atomic E-state index is -3.94. The molecule has 1 aromatic carbocycles. The fourth-order valence-corrected chi connectivity index (χ4v) is 4.26. The van der Waals surface area contributed by atoms with Crippen LogP contribution in [0.15, 0.2) is 29.2 Å². The maximum absolute atomic E-state index is 13.0. The van der Waals surface area contributed by atoms with Crippen LogP contribution >= 0.6 is 0 Å². The van der Waals surface area contributed by atoms with Crippen molar-refractivity contribution in [1.82, 2.24) is 15.3 Å². The van der Waals surface area contributed by atoms with Crippen LogP contribution in [-0.4, -0.2) is 55.2 Å². The lowest BCUT2D eigenvalue weighted by Gasteiger charge is -2.23. The number of hydrogen-bond acceptors (Lipinski definition) is 7. The number of nitrogens with one attached hydrogen (secondary N) is 2. The Bertz CT molecular complexity index is 729. The third kappa shape index (κ3) is 4.71. The Morgan fingerprint density at radius 1 is 1.27 bits per heavy atom. The Morgan fingerprint density at radius 2 is 1.88 bits per heavy atom. The van der Waals surface area contributed by atoms with Gasteiger partial charge in [0, 0.05) is 12.6 Å². The molecule has 0 saturated carbocycles. The SMILES string of the molecule is COc1ccc(S(=O)(=O)N2CC(NOC(C)(C)C)C[C@@H]2C(=O)NO)cc1. The molecule has 0 radical (unpaired) electrons. The summed E-state index contributed by atoms with van der Waals surface area (Å²) < 4.78 is 32.0. The Hall–Kier alpha value is -1.72. The molecule has 1 amide bonds. The second-order valence-corrected chi connectivity index (χ2v) is 8.90. The zero-order chi connectivity index (χ0) is 19.5. The Kier molecular flexibility index (Phi) is 6.25. The Morgan fingerprint density at radius 3 is 2.38 bits per heavy atom. The van der Waals surface area contributed by atoms with Crippen molar-refractivity contribution in [2.45, 2.75) is 49.8 Å². The number of carbonyl (C=O) groups excluding carboxylic acids is 1. The number of hydrogen-bond donors (Lipinski definition) is 3. The summed E-state index contributed by atoms with van der Waals surface area (Å²) in [5.74, 6) is -0.268. The van der Waals surface area contributed by atoms with Crippen LogP contribution < -0.4 is 15.7 Å². The van der Waals surface area contributed by atoms with Gasteiger partial charge in [-0.05, 0) is 51.5 Å². The summed E-state index contributed by atoms with van der Waals surface area (Å²) in [5, 5.41) is 8.97. The van der Waals surface area contributed by atoms with Crippen LogP contribution in [-0.2, 0) is 19.7 Å². The summed E-state index contributed by atoms with van der Waals surface area (Å²) in [7, 11) is -2.46. The zero-order valence-corrected chi connectivity index (χ0v) is 16.0. The van der Waals surface area contributed by atoms with E-state index in [1.165, 1.54) is 36.9 Å². The molecule has 0 aromatic heterocycles. The number of amides is 1. The summed E-state index contributed by atoms with van der Waals surface area (Å²) in [6.07, 6.45) is 0.165. The van der Waals surface area contributed by atoms with Gasteiger partial charge in [-0.3, -0.25) is 14.8 Å². The van der Waals surface area contributed by atoms with Crippen LogP contribution in [0.2, 0.25) is 0 Å². The maximum atomic E-state index is 13.0. The largest absolute Gasteiger partial charge is 0.497 e. The number of rotatable bonds is 6. The van der Waals surface area contributed by atoms with E-state index >= 15 is 0 Å². The van der Waals surface area contributed by atoms with Gasteiger partial charge in [-0.2, -0.15) is 9.79 Å². The van der Waals surface area contributed by atoms with Gasteiger partial charge in [0.1, 0.15) is 11.8 Å². The number of carbonyl (C=O) groups is 1. The van der Waals surface area contributed by atoms with Gasteiger partial charge in [0.2, 0.25) is 10.0 Å². The molecule has 1 aliphatic rings. The molecule has 0 spiro atoms. The summed E-state index contributed by atoms with van der Waals surface area (Å²) >= 11 is 0. The van der Waals surface area contributed by atoms with Crippen molar-refractivity contribution in [2.75, 3.05) is 13.7 Å². The highest BCUT2D eigenvalue weighted by Crippen LogP contribution is 2.28. The fraction of sp³-hybridized carbons (Fsp3) is 0.562. The molecular formula is C16H25N3O6S. The van der Waals surface area contributed by atoms with Gasteiger partial charge in [-0.1, -0.05) is 0 Å². The van der Waals surface area contributed by atoms with Crippen molar-refractivity contribution in [2.24, 2.45) is 0 Å². The van der Waals surface area contributed by atoms with E-state index in [2.05, 4.69) is 5.48 Å². The number of hydroxylamine groups is 2. The molecule has 2 atom stereocenters. The normalized spacial score (nSPS) is 21.6. The van der Waals surface area contributed by atoms with Crippen LogP contribution in [0.5, 0.6) is 5.75 Å². The first kappa shape index (κ1) is 20.6. The highest BCUT2D eigenvalue weighted by Gasteiger charge is 2.44. The van der Waals surface area contributed by atoms with Crippen LogP contribution in [0.3, 0.4) is 0 Å². The Balaban J connectivity index is 2.25. The van der Waals surface area contributed by atoms with E-state index in [1.807, 2.05) is 20.8 Å². The molecule has 0 aliphatic carbocycles. The van der Waals surface area contributed by atoms with Gasteiger partial charge in [0.15, 0.2) is 0 Å². The van der Waals surface area contributed by atoms with E-state index in [4.69, 9.17) is 14.8 Å². The van der Waals surface area contributed by atoms with Gasteiger partial charge in [-0.15, -0.1) is 0 Å². The van der Waals surface area contributed by atoms with Crippen LogP contribution in [0.4, 0.5) is 0 Å². The van der Waals surface area contributed by atoms with E-state index in [9.17, 15) is 13.2 Å². The van der Waals surface area contributed by atoms with Gasteiger partial charge in [-0.25, -0.2) is 13.9 Å². The molecule has 9 nitrogen and oxygen atoms in total. The van der Waals surface area contributed by atoms with Crippen LogP contribution in [0, 0.1) is 0 Å². The molecular weight excluding hydrogens is 362 g/mol. The molecule has 1 saturated heterocycles. The second-order valence-electron chi connectivity index (χ2n) is 7.01. The van der Waals surface area contributed by atoms with E-state index < -0.39 is 33.6 Å². The molecule has 2 rings (SSSR count). The number of sulfonamides is 1. The molecule has 1 fully saturated rings. The third-order valence-corrected chi connectivity index (χ3v) is 5.76. The Labute approximate surface area is 153 Å².